The maximum Gasteiger partial charge on any atom is 0.328 e. The van der Waals surface area contributed by atoms with Gasteiger partial charge < -0.3 is 10.0 Å². The van der Waals surface area contributed by atoms with Crippen molar-refractivity contribution in [1.82, 2.24) is 0 Å². The van der Waals surface area contributed by atoms with Crippen molar-refractivity contribution in [2.45, 2.75) is 32.7 Å². The zero-order valence-corrected chi connectivity index (χ0v) is 12.6. The lowest BCUT2D eigenvalue weighted by Gasteiger charge is -2.39. The minimum atomic E-state index is -0.969. The Morgan fingerprint density at radius 3 is 2.85 bits per heavy atom. The Morgan fingerprint density at radius 2 is 2.20 bits per heavy atom. The van der Waals surface area contributed by atoms with Gasteiger partial charge in [-0.3, -0.25) is 0 Å². The third-order valence-electron chi connectivity index (χ3n) is 4.09. The second kappa shape index (κ2) is 6.31. The first-order valence-corrected chi connectivity index (χ1v) is 7.34. The van der Waals surface area contributed by atoms with E-state index in [2.05, 4.69) is 18.7 Å². The Kier molecular flexibility index (Phi) is 4.71. The predicted octanol–water partition coefficient (Wildman–Crippen LogP) is 4.06. The van der Waals surface area contributed by atoms with Crippen molar-refractivity contribution < 1.29 is 9.90 Å². The highest BCUT2D eigenvalue weighted by atomic mass is 35.5. The SMILES string of the molecule is CC1CCCN(c2ccc(/C=C/C(=O)O)c(Cl)c2)C1C. The molecule has 1 N–H and O–H groups in total. The van der Waals surface area contributed by atoms with Crippen LogP contribution in [-0.4, -0.2) is 23.7 Å². The number of carbonyl (C=O) groups is 1. The van der Waals surface area contributed by atoms with Crippen LogP contribution < -0.4 is 4.90 Å². The first-order valence-electron chi connectivity index (χ1n) is 6.96. The zero-order valence-electron chi connectivity index (χ0n) is 11.8. The number of benzene rings is 1. The van der Waals surface area contributed by atoms with Crippen molar-refractivity contribution in [3.05, 3.63) is 34.9 Å². The molecule has 108 valence electrons. The van der Waals surface area contributed by atoms with Crippen LogP contribution in [0.2, 0.25) is 5.02 Å². The van der Waals surface area contributed by atoms with Crippen LogP contribution in [0.3, 0.4) is 0 Å². The summed E-state index contributed by atoms with van der Waals surface area (Å²) >= 11 is 6.25. The maximum atomic E-state index is 10.5. The predicted molar refractivity (Wildman–Crippen MR) is 83.3 cm³/mol. The monoisotopic (exact) mass is 293 g/mol. The Labute approximate surface area is 124 Å². The van der Waals surface area contributed by atoms with E-state index in [1.165, 1.54) is 18.9 Å². The number of anilines is 1. The average molecular weight is 294 g/mol. The second-order valence-electron chi connectivity index (χ2n) is 5.43. The molecule has 0 amide bonds. The minimum absolute atomic E-state index is 0.500. The standard InChI is InChI=1S/C16H20ClNO2/c1-11-4-3-9-18(12(11)2)14-7-5-13(15(17)10-14)6-8-16(19)20/h5-8,10-12H,3-4,9H2,1-2H3,(H,19,20)/b8-6+. The molecule has 1 aliphatic heterocycles. The van der Waals surface area contributed by atoms with Crippen molar-refractivity contribution in [2.24, 2.45) is 5.92 Å². The molecule has 0 aliphatic carbocycles. The molecule has 1 saturated heterocycles. The molecule has 1 fully saturated rings. The molecule has 1 aromatic rings. The van der Waals surface area contributed by atoms with E-state index in [1.54, 1.807) is 0 Å². The first-order chi connectivity index (χ1) is 9.49. The molecule has 2 rings (SSSR count). The Hall–Kier alpha value is -1.48. The van der Waals surface area contributed by atoms with Crippen molar-refractivity contribution in [3.63, 3.8) is 0 Å². The van der Waals surface area contributed by atoms with Crippen LogP contribution in [0.25, 0.3) is 6.08 Å². The summed E-state index contributed by atoms with van der Waals surface area (Å²) in [5, 5.41) is 9.24. The molecule has 0 radical (unpaired) electrons. The number of carboxylic acids is 1. The number of hydrogen-bond donors (Lipinski definition) is 1. The summed E-state index contributed by atoms with van der Waals surface area (Å²) in [5.74, 6) is -0.294. The maximum absolute atomic E-state index is 10.5. The lowest BCUT2D eigenvalue weighted by atomic mass is 9.91. The van der Waals surface area contributed by atoms with Gasteiger partial charge in [-0.2, -0.15) is 0 Å². The summed E-state index contributed by atoms with van der Waals surface area (Å²) in [6.45, 7) is 5.57. The van der Waals surface area contributed by atoms with E-state index in [1.807, 2.05) is 18.2 Å². The molecule has 1 heterocycles. The fourth-order valence-electron chi connectivity index (χ4n) is 2.69. The molecule has 0 spiro atoms. The molecule has 2 atom stereocenters. The molecular weight excluding hydrogens is 274 g/mol. The quantitative estimate of drug-likeness (QED) is 0.854. The fourth-order valence-corrected chi connectivity index (χ4v) is 2.93. The number of carboxylic acid groups (broad SMARTS) is 1. The molecular formula is C16H20ClNO2. The van der Waals surface area contributed by atoms with Crippen molar-refractivity contribution in [2.75, 3.05) is 11.4 Å². The van der Waals surface area contributed by atoms with Crippen molar-refractivity contribution in [1.29, 1.82) is 0 Å². The highest BCUT2D eigenvalue weighted by molar-refractivity contribution is 6.32. The third kappa shape index (κ3) is 3.34. The summed E-state index contributed by atoms with van der Waals surface area (Å²) in [5.41, 5.74) is 1.84. The van der Waals surface area contributed by atoms with Gasteiger partial charge in [0.05, 0.1) is 0 Å². The molecule has 0 bridgehead atoms. The largest absolute Gasteiger partial charge is 0.478 e. The molecule has 4 heteroatoms. The summed E-state index contributed by atoms with van der Waals surface area (Å²) in [6, 6.07) is 6.32. The molecule has 1 aromatic carbocycles. The van der Waals surface area contributed by atoms with Crippen LogP contribution in [0.5, 0.6) is 0 Å². The van der Waals surface area contributed by atoms with E-state index in [9.17, 15) is 4.79 Å². The van der Waals surface area contributed by atoms with Gasteiger partial charge in [0.25, 0.3) is 0 Å². The topological polar surface area (TPSA) is 40.5 Å². The molecule has 0 saturated carbocycles. The molecule has 1 aliphatic rings. The van der Waals surface area contributed by atoms with Gasteiger partial charge >= 0.3 is 5.97 Å². The number of piperidine rings is 1. The highest BCUT2D eigenvalue weighted by Crippen LogP contribution is 2.31. The van der Waals surface area contributed by atoms with Gasteiger partial charge in [-0.1, -0.05) is 24.6 Å². The van der Waals surface area contributed by atoms with Gasteiger partial charge in [0.2, 0.25) is 0 Å². The van der Waals surface area contributed by atoms with Gasteiger partial charge in [-0.15, -0.1) is 0 Å². The lowest BCUT2D eigenvalue weighted by molar-refractivity contribution is -0.131. The van der Waals surface area contributed by atoms with Gasteiger partial charge in [-0.05, 0) is 49.5 Å². The van der Waals surface area contributed by atoms with E-state index in [-0.39, 0.29) is 0 Å². The Bertz CT molecular complexity index is 527. The Balaban J connectivity index is 2.22. The van der Waals surface area contributed by atoms with Gasteiger partial charge in [0, 0.05) is 29.4 Å². The van der Waals surface area contributed by atoms with Crippen LogP contribution in [0.15, 0.2) is 24.3 Å². The second-order valence-corrected chi connectivity index (χ2v) is 5.84. The lowest BCUT2D eigenvalue weighted by Crippen LogP contribution is -2.42. The van der Waals surface area contributed by atoms with Gasteiger partial charge in [0.15, 0.2) is 0 Å². The number of rotatable bonds is 3. The summed E-state index contributed by atoms with van der Waals surface area (Å²) < 4.78 is 0. The van der Waals surface area contributed by atoms with E-state index < -0.39 is 5.97 Å². The van der Waals surface area contributed by atoms with Crippen LogP contribution in [0.1, 0.15) is 32.3 Å². The normalized spacial score (nSPS) is 23.2. The fraction of sp³-hybridized carbons (Fsp3) is 0.438. The summed E-state index contributed by atoms with van der Waals surface area (Å²) in [7, 11) is 0. The minimum Gasteiger partial charge on any atom is -0.478 e. The molecule has 0 aromatic heterocycles. The van der Waals surface area contributed by atoms with E-state index in [4.69, 9.17) is 16.7 Å². The zero-order chi connectivity index (χ0) is 14.7. The summed E-state index contributed by atoms with van der Waals surface area (Å²) in [4.78, 5) is 12.9. The van der Waals surface area contributed by atoms with Gasteiger partial charge in [-0.25, -0.2) is 4.79 Å². The molecule has 20 heavy (non-hydrogen) atoms. The number of nitrogens with zero attached hydrogens (tertiary/aromatic N) is 1. The van der Waals surface area contributed by atoms with E-state index >= 15 is 0 Å². The first kappa shape index (κ1) is 14.9. The highest BCUT2D eigenvalue weighted by Gasteiger charge is 2.24. The number of aliphatic carboxylic acids is 1. The van der Waals surface area contributed by atoms with Crippen LogP contribution >= 0.6 is 11.6 Å². The van der Waals surface area contributed by atoms with Crippen molar-refractivity contribution in [3.8, 4) is 0 Å². The Morgan fingerprint density at radius 1 is 1.45 bits per heavy atom. The molecule has 2 unspecified atom stereocenters. The van der Waals surface area contributed by atoms with Crippen molar-refractivity contribution >= 4 is 29.3 Å². The third-order valence-corrected chi connectivity index (χ3v) is 4.42. The van der Waals surface area contributed by atoms with E-state index in [0.717, 1.165) is 23.9 Å². The summed E-state index contributed by atoms with van der Waals surface area (Å²) in [6.07, 6.45) is 5.10. The van der Waals surface area contributed by atoms with Crippen LogP contribution in [-0.2, 0) is 4.79 Å². The van der Waals surface area contributed by atoms with Crippen LogP contribution in [0.4, 0.5) is 5.69 Å². The number of halogens is 1. The molecule has 3 nitrogen and oxygen atoms in total. The number of hydrogen-bond acceptors (Lipinski definition) is 2. The van der Waals surface area contributed by atoms with Crippen LogP contribution in [0, 0.1) is 5.92 Å². The average Bonchev–Trinajstić information content (AvgIpc) is 2.40. The smallest absolute Gasteiger partial charge is 0.328 e. The van der Waals surface area contributed by atoms with Gasteiger partial charge in [0.1, 0.15) is 0 Å². The van der Waals surface area contributed by atoms with E-state index in [0.29, 0.717) is 17.0 Å².